The van der Waals surface area contributed by atoms with Gasteiger partial charge in [-0.1, -0.05) is 24.3 Å². The Labute approximate surface area is 125 Å². The van der Waals surface area contributed by atoms with Crippen LogP contribution >= 0.6 is 0 Å². The number of carboxylic acids is 1. The number of hydrogen-bond donors (Lipinski definition) is 1. The maximum Gasteiger partial charge on any atom is 0.303 e. The molecule has 1 aromatic rings. The van der Waals surface area contributed by atoms with Crippen LogP contribution in [0.2, 0.25) is 0 Å². The Morgan fingerprint density at radius 1 is 1.33 bits per heavy atom. The molecule has 4 heteroatoms. The van der Waals surface area contributed by atoms with Crippen molar-refractivity contribution in [3.05, 3.63) is 48.6 Å². The van der Waals surface area contributed by atoms with Gasteiger partial charge >= 0.3 is 5.97 Å². The predicted octanol–water partition coefficient (Wildman–Crippen LogP) is 2.82. The van der Waals surface area contributed by atoms with E-state index < -0.39 is 5.97 Å². The number of aliphatic carboxylic acids is 1. The van der Waals surface area contributed by atoms with Gasteiger partial charge in [0.1, 0.15) is 0 Å². The summed E-state index contributed by atoms with van der Waals surface area (Å²) in [6.45, 7) is 5.15. The summed E-state index contributed by atoms with van der Waals surface area (Å²) < 4.78 is 0. The minimum atomic E-state index is -0.763. The summed E-state index contributed by atoms with van der Waals surface area (Å²) in [6.07, 6.45) is 3.53. The molecule has 1 amide bonds. The topological polar surface area (TPSA) is 57.6 Å². The molecule has 1 aliphatic heterocycles. The summed E-state index contributed by atoms with van der Waals surface area (Å²) in [6, 6.07) is 9.25. The Morgan fingerprint density at radius 3 is 2.67 bits per heavy atom. The summed E-state index contributed by atoms with van der Waals surface area (Å²) in [5.74, 6) is -0.246. The van der Waals surface area contributed by atoms with Gasteiger partial charge < -0.3 is 10.0 Å². The Balaban J connectivity index is 1.99. The van der Waals surface area contributed by atoms with Crippen LogP contribution in [0.1, 0.15) is 29.6 Å². The first-order valence-electron chi connectivity index (χ1n) is 7.30. The van der Waals surface area contributed by atoms with E-state index in [4.69, 9.17) is 5.11 Å². The van der Waals surface area contributed by atoms with Gasteiger partial charge in [0, 0.05) is 25.1 Å². The van der Waals surface area contributed by atoms with E-state index in [0.717, 1.165) is 6.42 Å². The fraction of sp³-hybridized carbons (Fsp3) is 0.412. The fourth-order valence-corrected chi connectivity index (χ4v) is 2.91. The normalized spacial score (nSPS) is 21.8. The largest absolute Gasteiger partial charge is 0.481 e. The summed E-state index contributed by atoms with van der Waals surface area (Å²) in [7, 11) is 0. The lowest BCUT2D eigenvalue weighted by molar-refractivity contribution is -0.137. The van der Waals surface area contributed by atoms with Gasteiger partial charge in [-0.2, -0.15) is 0 Å². The molecule has 2 rings (SSSR count). The highest BCUT2D eigenvalue weighted by Gasteiger charge is 2.30. The zero-order chi connectivity index (χ0) is 15.2. The van der Waals surface area contributed by atoms with Gasteiger partial charge in [-0.3, -0.25) is 9.59 Å². The summed E-state index contributed by atoms with van der Waals surface area (Å²) in [5.41, 5.74) is 0.698. The molecule has 2 unspecified atom stereocenters. The smallest absolute Gasteiger partial charge is 0.303 e. The first-order chi connectivity index (χ1) is 10.1. The van der Waals surface area contributed by atoms with E-state index in [1.54, 1.807) is 0 Å². The molecule has 0 radical (unpaired) electrons. The lowest BCUT2D eigenvalue weighted by Crippen LogP contribution is -2.43. The van der Waals surface area contributed by atoms with Gasteiger partial charge in [0.15, 0.2) is 0 Å². The van der Waals surface area contributed by atoms with Crippen molar-refractivity contribution in [2.24, 2.45) is 11.8 Å². The number of piperidine rings is 1. The number of benzene rings is 1. The van der Waals surface area contributed by atoms with Crippen molar-refractivity contribution in [3.8, 4) is 0 Å². The molecule has 1 heterocycles. The average molecular weight is 287 g/mol. The predicted molar refractivity (Wildman–Crippen MR) is 81.0 cm³/mol. The van der Waals surface area contributed by atoms with Crippen LogP contribution in [0.15, 0.2) is 43.0 Å². The molecular weight excluding hydrogens is 266 g/mol. The van der Waals surface area contributed by atoms with E-state index in [1.807, 2.05) is 41.3 Å². The highest BCUT2D eigenvalue weighted by Crippen LogP contribution is 2.29. The fourth-order valence-electron chi connectivity index (χ4n) is 2.91. The Hall–Kier alpha value is -2.10. The molecule has 0 aliphatic carbocycles. The minimum absolute atomic E-state index is 0.0409. The molecule has 1 fully saturated rings. The molecule has 1 aliphatic rings. The molecule has 0 aromatic heterocycles. The first-order valence-corrected chi connectivity index (χ1v) is 7.30. The number of likely N-dealkylation sites (tertiary alicyclic amines) is 1. The number of hydrogen-bond acceptors (Lipinski definition) is 2. The number of amides is 1. The van der Waals surface area contributed by atoms with Crippen molar-refractivity contribution in [1.29, 1.82) is 0 Å². The molecular formula is C17H21NO3. The molecule has 1 aromatic carbocycles. The molecule has 4 nitrogen and oxygen atoms in total. The second-order valence-electron chi connectivity index (χ2n) is 5.50. The number of carboxylic acid groups (broad SMARTS) is 1. The van der Waals surface area contributed by atoms with Crippen LogP contribution in [0.3, 0.4) is 0 Å². The van der Waals surface area contributed by atoms with Gasteiger partial charge in [-0.05, 0) is 36.8 Å². The molecule has 1 N–H and O–H groups in total. The van der Waals surface area contributed by atoms with Gasteiger partial charge in [-0.25, -0.2) is 0 Å². The van der Waals surface area contributed by atoms with E-state index in [0.29, 0.717) is 31.0 Å². The van der Waals surface area contributed by atoms with Crippen LogP contribution in [-0.4, -0.2) is 35.0 Å². The number of carbonyl (C=O) groups is 2. The summed E-state index contributed by atoms with van der Waals surface area (Å²) in [5, 5.41) is 8.80. The first kappa shape index (κ1) is 15.3. The van der Waals surface area contributed by atoms with Crippen molar-refractivity contribution >= 4 is 11.9 Å². The SMILES string of the molecule is C=CC1CN(C(=O)c2ccccc2)CCC1CCC(=O)O. The Morgan fingerprint density at radius 2 is 2.05 bits per heavy atom. The maximum absolute atomic E-state index is 12.4. The molecule has 21 heavy (non-hydrogen) atoms. The van der Waals surface area contributed by atoms with Gasteiger partial charge in [0.05, 0.1) is 0 Å². The number of nitrogens with zero attached hydrogens (tertiary/aromatic N) is 1. The quantitative estimate of drug-likeness (QED) is 0.847. The minimum Gasteiger partial charge on any atom is -0.481 e. The summed E-state index contributed by atoms with van der Waals surface area (Å²) in [4.78, 5) is 25.0. The van der Waals surface area contributed by atoms with E-state index >= 15 is 0 Å². The Bertz CT molecular complexity index is 512. The third-order valence-corrected chi connectivity index (χ3v) is 4.15. The van der Waals surface area contributed by atoms with E-state index in [9.17, 15) is 9.59 Å². The zero-order valence-corrected chi connectivity index (χ0v) is 12.1. The molecule has 0 saturated carbocycles. The van der Waals surface area contributed by atoms with Crippen LogP contribution in [0.5, 0.6) is 0 Å². The average Bonchev–Trinajstić information content (AvgIpc) is 2.52. The second-order valence-corrected chi connectivity index (χ2v) is 5.50. The highest BCUT2D eigenvalue weighted by atomic mass is 16.4. The second kappa shape index (κ2) is 7.07. The van der Waals surface area contributed by atoms with Gasteiger partial charge in [-0.15, -0.1) is 6.58 Å². The molecule has 2 atom stereocenters. The third-order valence-electron chi connectivity index (χ3n) is 4.15. The van der Waals surface area contributed by atoms with Crippen LogP contribution in [0.25, 0.3) is 0 Å². The molecule has 0 spiro atoms. The monoisotopic (exact) mass is 287 g/mol. The van der Waals surface area contributed by atoms with Crippen LogP contribution in [-0.2, 0) is 4.79 Å². The number of rotatable bonds is 5. The van der Waals surface area contributed by atoms with Crippen molar-refractivity contribution < 1.29 is 14.7 Å². The van der Waals surface area contributed by atoms with Crippen molar-refractivity contribution in [2.45, 2.75) is 19.3 Å². The maximum atomic E-state index is 12.4. The Kier molecular flexibility index (Phi) is 5.14. The highest BCUT2D eigenvalue weighted by molar-refractivity contribution is 5.94. The third kappa shape index (κ3) is 3.94. The van der Waals surface area contributed by atoms with Gasteiger partial charge in [0.25, 0.3) is 5.91 Å². The summed E-state index contributed by atoms with van der Waals surface area (Å²) >= 11 is 0. The lowest BCUT2D eigenvalue weighted by Gasteiger charge is -2.37. The molecule has 112 valence electrons. The van der Waals surface area contributed by atoms with E-state index in [-0.39, 0.29) is 18.2 Å². The van der Waals surface area contributed by atoms with Crippen LogP contribution in [0, 0.1) is 11.8 Å². The van der Waals surface area contributed by atoms with Crippen molar-refractivity contribution in [2.75, 3.05) is 13.1 Å². The zero-order valence-electron chi connectivity index (χ0n) is 12.1. The van der Waals surface area contributed by atoms with Crippen LogP contribution in [0.4, 0.5) is 0 Å². The van der Waals surface area contributed by atoms with Crippen LogP contribution < -0.4 is 0 Å². The lowest BCUT2D eigenvalue weighted by atomic mass is 9.82. The number of carbonyl (C=O) groups excluding carboxylic acids is 1. The molecule has 1 saturated heterocycles. The molecule has 0 bridgehead atoms. The van der Waals surface area contributed by atoms with E-state index in [2.05, 4.69) is 6.58 Å². The standard InChI is InChI=1S/C17H21NO3/c1-2-13-12-18(11-10-14(13)8-9-16(19)20)17(21)15-6-4-3-5-7-15/h2-7,13-14H,1,8-12H2,(H,19,20). The van der Waals surface area contributed by atoms with E-state index in [1.165, 1.54) is 0 Å². The van der Waals surface area contributed by atoms with Crippen molar-refractivity contribution in [3.63, 3.8) is 0 Å². The van der Waals surface area contributed by atoms with Gasteiger partial charge in [0.2, 0.25) is 0 Å². The van der Waals surface area contributed by atoms with Crippen molar-refractivity contribution in [1.82, 2.24) is 4.90 Å².